The summed E-state index contributed by atoms with van der Waals surface area (Å²) in [6.45, 7) is 7.09. The quantitative estimate of drug-likeness (QED) is 0.288. The second-order valence-corrected chi connectivity index (χ2v) is 9.27. The molecule has 7 nitrogen and oxygen atoms in total. The molecular formula is C24H25ClN4O3S. The molecule has 3 rings (SSSR count). The molecule has 3 aromatic rings. The molecule has 0 saturated heterocycles. The van der Waals surface area contributed by atoms with E-state index >= 15 is 0 Å². The summed E-state index contributed by atoms with van der Waals surface area (Å²) in [7, 11) is 0. The van der Waals surface area contributed by atoms with Gasteiger partial charge in [-0.1, -0.05) is 35.5 Å². The molecule has 0 bridgehead atoms. The fraction of sp³-hybridized carbons (Fsp3) is 0.250. The van der Waals surface area contributed by atoms with Gasteiger partial charge in [0, 0.05) is 27.7 Å². The third-order valence-electron chi connectivity index (χ3n) is 4.57. The number of hydrogen-bond acceptors (Lipinski definition) is 6. The Labute approximate surface area is 202 Å². The van der Waals surface area contributed by atoms with Gasteiger partial charge in [0.2, 0.25) is 0 Å². The first kappa shape index (κ1) is 24.5. The third kappa shape index (κ3) is 7.20. The van der Waals surface area contributed by atoms with Gasteiger partial charge in [0.25, 0.3) is 11.8 Å². The number of ether oxygens (including phenoxy) is 1. The van der Waals surface area contributed by atoms with Gasteiger partial charge in [0.15, 0.2) is 10.8 Å². The zero-order chi connectivity index (χ0) is 24.0. The molecule has 0 aliphatic heterocycles. The van der Waals surface area contributed by atoms with Gasteiger partial charge >= 0.3 is 0 Å². The van der Waals surface area contributed by atoms with Crippen LogP contribution in [-0.2, 0) is 10.5 Å². The molecule has 2 amide bonds. The molecule has 1 heterocycles. The van der Waals surface area contributed by atoms with Gasteiger partial charge in [-0.25, -0.2) is 9.97 Å². The Kier molecular flexibility index (Phi) is 7.94. The molecular weight excluding hydrogens is 460 g/mol. The normalized spacial score (nSPS) is 11.1. The lowest BCUT2D eigenvalue weighted by Crippen LogP contribution is -2.53. The van der Waals surface area contributed by atoms with Crippen molar-refractivity contribution in [3.8, 4) is 5.75 Å². The van der Waals surface area contributed by atoms with Crippen molar-refractivity contribution in [2.45, 2.75) is 44.2 Å². The second-order valence-electron chi connectivity index (χ2n) is 7.89. The van der Waals surface area contributed by atoms with Gasteiger partial charge in [-0.15, -0.1) is 0 Å². The van der Waals surface area contributed by atoms with Crippen molar-refractivity contribution in [1.82, 2.24) is 20.8 Å². The van der Waals surface area contributed by atoms with Gasteiger partial charge in [-0.3, -0.25) is 20.4 Å². The molecule has 9 heteroatoms. The molecule has 33 heavy (non-hydrogen) atoms. The Hall–Kier alpha value is -3.10. The predicted molar refractivity (Wildman–Crippen MR) is 129 cm³/mol. The minimum Gasteiger partial charge on any atom is -0.478 e. The Morgan fingerprint density at radius 3 is 2.18 bits per heavy atom. The van der Waals surface area contributed by atoms with Crippen LogP contribution in [0.2, 0.25) is 5.02 Å². The van der Waals surface area contributed by atoms with Gasteiger partial charge in [-0.05, 0) is 75.7 Å². The van der Waals surface area contributed by atoms with Gasteiger partial charge in [0.05, 0.1) is 0 Å². The number of thioether (sulfide) groups is 1. The maximum atomic E-state index is 12.5. The molecule has 0 unspecified atom stereocenters. The topological polar surface area (TPSA) is 93.2 Å². The molecule has 0 aliphatic carbocycles. The van der Waals surface area contributed by atoms with Crippen LogP contribution < -0.4 is 15.6 Å². The Morgan fingerprint density at radius 1 is 0.970 bits per heavy atom. The molecule has 2 aromatic carbocycles. The Bertz CT molecular complexity index is 1120. The maximum absolute atomic E-state index is 12.5. The van der Waals surface area contributed by atoms with Crippen molar-refractivity contribution in [2.75, 3.05) is 0 Å². The minimum absolute atomic E-state index is 0.420. The van der Waals surface area contributed by atoms with Crippen molar-refractivity contribution in [2.24, 2.45) is 0 Å². The fourth-order valence-electron chi connectivity index (χ4n) is 2.84. The van der Waals surface area contributed by atoms with Crippen LogP contribution in [0.3, 0.4) is 0 Å². The van der Waals surface area contributed by atoms with Crippen molar-refractivity contribution >= 4 is 35.2 Å². The van der Waals surface area contributed by atoms with E-state index < -0.39 is 17.4 Å². The van der Waals surface area contributed by atoms with E-state index in [0.29, 0.717) is 22.1 Å². The van der Waals surface area contributed by atoms with Gasteiger partial charge < -0.3 is 4.74 Å². The zero-order valence-corrected chi connectivity index (χ0v) is 20.4. The van der Waals surface area contributed by atoms with E-state index in [4.69, 9.17) is 16.3 Å². The van der Waals surface area contributed by atoms with E-state index in [-0.39, 0.29) is 0 Å². The van der Waals surface area contributed by atoms with Crippen LogP contribution >= 0.6 is 23.4 Å². The highest BCUT2D eigenvalue weighted by molar-refractivity contribution is 7.98. The molecule has 0 saturated carbocycles. The number of hydrogen-bond donors (Lipinski definition) is 2. The molecule has 2 N–H and O–H groups in total. The monoisotopic (exact) mass is 484 g/mol. The summed E-state index contributed by atoms with van der Waals surface area (Å²) in [6, 6.07) is 15.7. The smallest absolute Gasteiger partial charge is 0.281 e. The number of benzene rings is 2. The number of hydrazine groups is 1. The summed E-state index contributed by atoms with van der Waals surface area (Å²) < 4.78 is 5.72. The van der Waals surface area contributed by atoms with Crippen LogP contribution in [0.25, 0.3) is 0 Å². The average molecular weight is 485 g/mol. The molecule has 172 valence electrons. The summed E-state index contributed by atoms with van der Waals surface area (Å²) in [4.78, 5) is 33.8. The number of rotatable bonds is 7. The molecule has 0 atom stereocenters. The van der Waals surface area contributed by atoms with Crippen LogP contribution in [0.1, 0.15) is 41.2 Å². The minimum atomic E-state index is -1.21. The van der Waals surface area contributed by atoms with E-state index in [9.17, 15) is 9.59 Å². The number of aromatic nitrogens is 2. The first-order valence-corrected chi connectivity index (χ1v) is 11.6. The number of aryl methyl sites for hydroxylation is 2. The first-order chi connectivity index (χ1) is 15.6. The molecule has 0 aliphatic rings. The van der Waals surface area contributed by atoms with E-state index in [1.165, 1.54) is 11.8 Å². The van der Waals surface area contributed by atoms with Gasteiger partial charge in [-0.2, -0.15) is 0 Å². The van der Waals surface area contributed by atoms with E-state index in [1.807, 2.05) is 32.0 Å². The summed E-state index contributed by atoms with van der Waals surface area (Å²) in [6.07, 6.45) is 0. The van der Waals surface area contributed by atoms with Crippen LogP contribution in [0.15, 0.2) is 59.8 Å². The summed E-state index contributed by atoms with van der Waals surface area (Å²) >= 11 is 7.40. The van der Waals surface area contributed by atoms with Crippen molar-refractivity contribution in [1.29, 1.82) is 0 Å². The highest BCUT2D eigenvalue weighted by Crippen LogP contribution is 2.22. The predicted octanol–water partition coefficient (Wildman–Crippen LogP) is 4.66. The molecule has 0 spiro atoms. The molecule has 0 fully saturated rings. The SMILES string of the molecule is Cc1cc(C)nc(SCc2ccc(C(=O)NNC(=O)C(C)(C)Oc3ccc(Cl)cc3)cc2)n1. The number of halogens is 1. The van der Waals surface area contributed by atoms with Crippen LogP contribution in [0.5, 0.6) is 5.75 Å². The average Bonchev–Trinajstić information content (AvgIpc) is 2.77. The van der Waals surface area contributed by atoms with Crippen LogP contribution in [0, 0.1) is 13.8 Å². The highest BCUT2D eigenvalue weighted by Gasteiger charge is 2.30. The highest BCUT2D eigenvalue weighted by atomic mass is 35.5. The zero-order valence-electron chi connectivity index (χ0n) is 18.8. The number of carbonyl (C=O) groups is 2. The number of nitrogens with zero attached hydrogens (tertiary/aromatic N) is 2. The largest absolute Gasteiger partial charge is 0.478 e. The lowest BCUT2D eigenvalue weighted by atomic mass is 10.1. The van der Waals surface area contributed by atoms with Crippen LogP contribution in [0.4, 0.5) is 0 Å². The second kappa shape index (κ2) is 10.7. The number of nitrogens with one attached hydrogen (secondary N) is 2. The van der Waals surface area contributed by atoms with Crippen molar-refractivity contribution in [3.05, 3.63) is 82.1 Å². The summed E-state index contributed by atoms with van der Waals surface area (Å²) in [5, 5.41) is 1.29. The number of carbonyl (C=O) groups excluding carboxylic acids is 2. The Morgan fingerprint density at radius 2 is 1.58 bits per heavy atom. The lowest BCUT2D eigenvalue weighted by molar-refractivity contribution is -0.135. The number of amides is 2. The third-order valence-corrected chi connectivity index (χ3v) is 5.74. The van der Waals surface area contributed by atoms with Crippen LogP contribution in [-0.4, -0.2) is 27.4 Å². The maximum Gasteiger partial charge on any atom is 0.281 e. The fourth-order valence-corrected chi connectivity index (χ4v) is 3.87. The van der Waals surface area contributed by atoms with Crippen molar-refractivity contribution in [3.63, 3.8) is 0 Å². The first-order valence-electron chi connectivity index (χ1n) is 10.2. The van der Waals surface area contributed by atoms with Crippen molar-refractivity contribution < 1.29 is 14.3 Å². The van der Waals surface area contributed by atoms with E-state index in [1.54, 1.807) is 50.2 Å². The van der Waals surface area contributed by atoms with Gasteiger partial charge in [0.1, 0.15) is 5.75 Å². The summed E-state index contributed by atoms with van der Waals surface area (Å²) in [5.41, 5.74) is 6.94. The van der Waals surface area contributed by atoms with E-state index in [2.05, 4.69) is 20.8 Å². The molecule has 1 aromatic heterocycles. The molecule has 0 radical (unpaired) electrons. The summed E-state index contributed by atoms with van der Waals surface area (Å²) in [5.74, 6) is 0.248. The lowest BCUT2D eigenvalue weighted by Gasteiger charge is -2.25. The standard InChI is InChI=1S/C24H25ClN4O3S/c1-15-13-16(2)27-23(26-15)33-14-17-5-7-18(8-6-17)21(30)28-29-22(31)24(3,4)32-20-11-9-19(25)10-12-20/h5-13H,14H2,1-4H3,(H,28,30)(H,29,31). The Balaban J connectivity index is 1.51. The van der Waals surface area contributed by atoms with E-state index in [0.717, 1.165) is 22.1 Å².